The van der Waals surface area contributed by atoms with Gasteiger partial charge in [-0.15, -0.1) is 0 Å². The molecule has 1 aromatic heterocycles. The summed E-state index contributed by atoms with van der Waals surface area (Å²) in [5.74, 6) is -0.213. The summed E-state index contributed by atoms with van der Waals surface area (Å²) in [5.41, 5.74) is 1.87. The van der Waals surface area contributed by atoms with E-state index in [9.17, 15) is 14.7 Å². The number of hydrogen-bond acceptors (Lipinski definition) is 4. The van der Waals surface area contributed by atoms with Crippen molar-refractivity contribution in [3.63, 3.8) is 0 Å². The second-order valence-corrected chi connectivity index (χ2v) is 5.72. The van der Waals surface area contributed by atoms with Crippen molar-refractivity contribution >= 4 is 11.9 Å². The molecule has 6 heteroatoms. The number of benzene rings is 1. The van der Waals surface area contributed by atoms with Crippen LogP contribution in [0.5, 0.6) is 5.75 Å². The second-order valence-electron chi connectivity index (χ2n) is 5.72. The first kappa shape index (κ1) is 16.1. The Morgan fingerprint density at radius 3 is 2.92 bits per heavy atom. The van der Waals surface area contributed by atoms with Crippen LogP contribution in [-0.4, -0.2) is 23.6 Å². The van der Waals surface area contributed by atoms with E-state index >= 15 is 0 Å². The summed E-state index contributed by atoms with van der Waals surface area (Å²) in [6.45, 7) is 2.58. The lowest BCUT2D eigenvalue weighted by molar-refractivity contribution is -0.139. The number of carbonyl (C=O) groups excluding carboxylic acids is 1. The summed E-state index contributed by atoms with van der Waals surface area (Å²) in [7, 11) is 0. The SMILES string of the molecule is CCCc1occc1C(=O)N[C@@H](C(=O)O)c1ccc2c(c1)CCO2. The summed E-state index contributed by atoms with van der Waals surface area (Å²) >= 11 is 0. The van der Waals surface area contributed by atoms with Gasteiger partial charge in [0.25, 0.3) is 5.91 Å². The first-order valence-electron chi connectivity index (χ1n) is 7.95. The molecular formula is C18H19NO5. The van der Waals surface area contributed by atoms with Crippen LogP contribution in [0.2, 0.25) is 0 Å². The zero-order valence-electron chi connectivity index (χ0n) is 13.4. The number of aryl methyl sites for hydroxylation is 1. The summed E-state index contributed by atoms with van der Waals surface area (Å²) in [4.78, 5) is 24.1. The molecule has 126 valence electrons. The molecule has 0 spiro atoms. The number of carboxylic acid groups (broad SMARTS) is 1. The van der Waals surface area contributed by atoms with Crippen LogP contribution in [0.4, 0.5) is 0 Å². The minimum atomic E-state index is -1.12. The number of amides is 1. The molecule has 1 aromatic carbocycles. The number of fused-ring (bicyclic) bond motifs is 1. The zero-order chi connectivity index (χ0) is 17.1. The molecule has 1 aliphatic rings. The van der Waals surface area contributed by atoms with Crippen LogP contribution < -0.4 is 10.1 Å². The normalized spacial score (nSPS) is 13.9. The van der Waals surface area contributed by atoms with E-state index in [0.717, 1.165) is 24.2 Å². The van der Waals surface area contributed by atoms with Gasteiger partial charge in [0.15, 0.2) is 6.04 Å². The van der Waals surface area contributed by atoms with Crippen LogP contribution in [0.15, 0.2) is 34.9 Å². The van der Waals surface area contributed by atoms with Crippen LogP contribution in [0.3, 0.4) is 0 Å². The van der Waals surface area contributed by atoms with Crippen LogP contribution in [0, 0.1) is 0 Å². The van der Waals surface area contributed by atoms with Gasteiger partial charge in [-0.05, 0) is 35.7 Å². The van der Waals surface area contributed by atoms with E-state index in [1.54, 1.807) is 24.3 Å². The Bertz CT molecular complexity index is 765. The maximum absolute atomic E-state index is 12.5. The first-order chi connectivity index (χ1) is 11.6. The minimum Gasteiger partial charge on any atom is -0.493 e. The highest BCUT2D eigenvalue weighted by Gasteiger charge is 2.26. The molecule has 24 heavy (non-hydrogen) atoms. The minimum absolute atomic E-state index is 0.382. The number of carboxylic acids is 1. The predicted molar refractivity (Wildman–Crippen MR) is 86.2 cm³/mol. The van der Waals surface area contributed by atoms with Gasteiger partial charge in [0.1, 0.15) is 11.5 Å². The topological polar surface area (TPSA) is 88.8 Å². The Kier molecular flexibility index (Phi) is 4.55. The highest BCUT2D eigenvalue weighted by atomic mass is 16.5. The summed E-state index contributed by atoms with van der Waals surface area (Å²) < 4.78 is 10.7. The van der Waals surface area contributed by atoms with Gasteiger partial charge in [-0.3, -0.25) is 4.79 Å². The zero-order valence-corrected chi connectivity index (χ0v) is 13.4. The molecular weight excluding hydrogens is 310 g/mol. The largest absolute Gasteiger partial charge is 0.493 e. The summed E-state index contributed by atoms with van der Waals surface area (Å²) in [6, 6.07) is 5.65. The average molecular weight is 329 g/mol. The maximum atomic E-state index is 12.5. The van der Waals surface area contributed by atoms with E-state index in [-0.39, 0.29) is 0 Å². The number of carbonyl (C=O) groups is 2. The Balaban J connectivity index is 1.83. The van der Waals surface area contributed by atoms with Gasteiger partial charge in [0, 0.05) is 12.8 Å². The number of aliphatic carboxylic acids is 1. The van der Waals surface area contributed by atoms with Crippen molar-refractivity contribution in [3.8, 4) is 5.75 Å². The monoisotopic (exact) mass is 329 g/mol. The lowest BCUT2D eigenvalue weighted by atomic mass is 10.0. The molecule has 0 bridgehead atoms. The highest BCUT2D eigenvalue weighted by Crippen LogP contribution is 2.28. The van der Waals surface area contributed by atoms with E-state index in [4.69, 9.17) is 9.15 Å². The Morgan fingerprint density at radius 2 is 2.17 bits per heavy atom. The quantitative estimate of drug-likeness (QED) is 0.850. The molecule has 6 nitrogen and oxygen atoms in total. The molecule has 0 aliphatic carbocycles. The fourth-order valence-corrected chi connectivity index (χ4v) is 2.85. The number of furan rings is 1. The summed E-state index contributed by atoms with van der Waals surface area (Å²) in [6.07, 6.45) is 3.65. The van der Waals surface area contributed by atoms with Gasteiger partial charge < -0.3 is 19.6 Å². The Labute approximate surface area is 139 Å². The van der Waals surface area contributed by atoms with Crippen molar-refractivity contribution in [2.75, 3.05) is 6.61 Å². The number of rotatable bonds is 6. The van der Waals surface area contributed by atoms with E-state index in [0.29, 0.717) is 29.9 Å². The molecule has 0 fully saturated rings. The van der Waals surface area contributed by atoms with Crippen molar-refractivity contribution in [2.24, 2.45) is 0 Å². The van der Waals surface area contributed by atoms with Crippen molar-refractivity contribution in [1.82, 2.24) is 5.32 Å². The van der Waals surface area contributed by atoms with Crippen molar-refractivity contribution in [1.29, 1.82) is 0 Å². The second kappa shape index (κ2) is 6.78. The third-order valence-electron chi connectivity index (χ3n) is 4.04. The third kappa shape index (κ3) is 3.13. The average Bonchev–Trinajstić information content (AvgIpc) is 3.20. The fourth-order valence-electron chi connectivity index (χ4n) is 2.85. The third-order valence-corrected chi connectivity index (χ3v) is 4.04. The van der Waals surface area contributed by atoms with Crippen molar-refractivity contribution < 1.29 is 23.8 Å². The van der Waals surface area contributed by atoms with Gasteiger partial charge in [-0.2, -0.15) is 0 Å². The van der Waals surface area contributed by atoms with E-state index in [1.807, 2.05) is 6.92 Å². The molecule has 2 aromatic rings. The van der Waals surface area contributed by atoms with E-state index in [2.05, 4.69) is 5.32 Å². The molecule has 1 aliphatic heterocycles. The van der Waals surface area contributed by atoms with E-state index < -0.39 is 17.9 Å². The number of nitrogens with one attached hydrogen (secondary N) is 1. The van der Waals surface area contributed by atoms with Crippen LogP contribution >= 0.6 is 0 Å². The molecule has 0 radical (unpaired) electrons. The van der Waals surface area contributed by atoms with Gasteiger partial charge in [-0.25, -0.2) is 4.79 Å². The lowest BCUT2D eigenvalue weighted by Gasteiger charge is -2.15. The summed E-state index contributed by atoms with van der Waals surface area (Å²) in [5, 5.41) is 12.1. The number of hydrogen-bond donors (Lipinski definition) is 2. The molecule has 2 N–H and O–H groups in total. The molecule has 0 saturated heterocycles. The fraction of sp³-hybridized carbons (Fsp3) is 0.333. The van der Waals surface area contributed by atoms with E-state index in [1.165, 1.54) is 6.26 Å². The Hall–Kier alpha value is -2.76. The van der Waals surface area contributed by atoms with Crippen molar-refractivity contribution in [3.05, 3.63) is 53.0 Å². The van der Waals surface area contributed by atoms with Gasteiger partial charge in [0.2, 0.25) is 0 Å². The molecule has 1 amide bonds. The molecule has 0 unspecified atom stereocenters. The van der Waals surface area contributed by atoms with Crippen LogP contribution in [-0.2, 0) is 17.6 Å². The van der Waals surface area contributed by atoms with Gasteiger partial charge >= 0.3 is 5.97 Å². The lowest BCUT2D eigenvalue weighted by Crippen LogP contribution is -2.34. The number of ether oxygens (including phenoxy) is 1. The standard InChI is InChI=1S/C18H19NO5/c1-2-3-15-13(7-9-24-15)17(20)19-16(18(21)22)12-4-5-14-11(10-12)6-8-23-14/h4-5,7,9-10,16H,2-3,6,8H2,1H3,(H,19,20)(H,21,22)/t16-/m1/s1. The first-order valence-corrected chi connectivity index (χ1v) is 7.95. The highest BCUT2D eigenvalue weighted by molar-refractivity contribution is 5.97. The maximum Gasteiger partial charge on any atom is 0.330 e. The molecule has 1 atom stereocenters. The van der Waals surface area contributed by atoms with Crippen molar-refractivity contribution in [2.45, 2.75) is 32.2 Å². The predicted octanol–water partition coefficient (Wildman–Crippen LogP) is 2.72. The molecule has 2 heterocycles. The smallest absolute Gasteiger partial charge is 0.330 e. The molecule has 0 saturated carbocycles. The van der Waals surface area contributed by atoms with Crippen LogP contribution in [0.1, 0.15) is 46.6 Å². The van der Waals surface area contributed by atoms with Gasteiger partial charge in [0.05, 0.1) is 18.4 Å². The molecule has 3 rings (SSSR count). The van der Waals surface area contributed by atoms with Gasteiger partial charge in [-0.1, -0.05) is 13.0 Å². The van der Waals surface area contributed by atoms with Crippen LogP contribution in [0.25, 0.3) is 0 Å². The Morgan fingerprint density at radius 1 is 1.33 bits per heavy atom.